The molecule has 0 amide bonds. The van der Waals surface area contributed by atoms with E-state index in [1.54, 1.807) is 0 Å². The molecular weight excluding hydrogens is 317 g/mol. The first kappa shape index (κ1) is 18.1. The molecule has 0 bridgehead atoms. The van der Waals surface area contributed by atoms with E-state index in [1.165, 1.54) is 0 Å². The van der Waals surface area contributed by atoms with Crippen LogP contribution in [0.3, 0.4) is 0 Å². The van der Waals surface area contributed by atoms with Gasteiger partial charge in [-0.3, -0.25) is 0 Å². The van der Waals surface area contributed by atoms with Gasteiger partial charge >= 0.3 is 0 Å². The van der Waals surface area contributed by atoms with Crippen molar-refractivity contribution in [2.24, 2.45) is 0 Å². The highest BCUT2D eigenvalue weighted by Crippen LogP contribution is 2.16. The molecule has 0 heterocycles. The molecule has 10 heteroatoms. The van der Waals surface area contributed by atoms with Gasteiger partial charge in [0.1, 0.15) is 26.9 Å². The predicted octanol–water partition coefficient (Wildman–Crippen LogP) is -1.55. The first-order valence-electron chi connectivity index (χ1n) is 5.96. The van der Waals surface area contributed by atoms with Gasteiger partial charge in [0.15, 0.2) is 25.9 Å². The molecule has 0 aromatic carbocycles. The van der Waals surface area contributed by atoms with Crippen molar-refractivity contribution < 1.29 is 17.1 Å². The smallest absolute Gasteiger partial charge is 0.233 e. The van der Waals surface area contributed by atoms with Crippen molar-refractivity contribution in [2.45, 2.75) is 45.2 Å². The van der Waals surface area contributed by atoms with Gasteiger partial charge < -0.3 is 17.1 Å². The van der Waals surface area contributed by atoms with E-state index in [1.807, 2.05) is 0 Å². The van der Waals surface area contributed by atoms with Crippen LogP contribution in [-0.2, 0) is 17.1 Å². The maximum atomic E-state index is 6.20. The van der Waals surface area contributed by atoms with Crippen LogP contribution >= 0.6 is 0 Å². The minimum Gasteiger partial charge on any atom is -0.468 e. The first-order chi connectivity index (χ1) is 7.59. The van der Waals surface area contributed by atoms with Crippen LogP contribution in [0, 0.1) is 0 Å². The Labute approximate surface area is 118 Å². The van der Waals surface area contributed by atoms with Gasteiger partial charge in [-0.2, -0.15) is 0 Å². The summed E-state index contributed by atoms with van der Waals surface area (Å²) in [5.74, 6) is -0.0635. The fourth-order valence-electron chi connectivity index (χ4n) is 1.29. The Hall–Kier alpha value is 1.14. The van der Waals surface area contributed by atoms with Crippen LogP contribution in [0.4, 0.5) is 0 Å². The third-order valence-corrected chi connectivity index (χ3v) is 17.4. The lowest BCUT2D eigenvalue weighted by Gasteiger charge is -2.35. The van der Waals surface area contributed by atoms with Crippen LogP contribution < -0.4 is 0 Å². The molecule has 0 aliphatic carbocycles. The normalized spacial score (nSPS) is 16.4. The van der Waals surface area contributed by atoms with E-state index in [4.69, 9.17) is 17.1 Å². The second-order valence-corrected chi connectivity index (χ2v) is 24.5. The first-order valence-corrected chi connectivity index (χ1v) is 19.4. The molecule has 1 unspecified atom stereocenters. The Morgan fingerprint density at radius 1 is 0.941 bits per heavy atom. The van der Waals surface area contributed by atoms with Gasteiger partial charge in [0.05, 0.1) is 0 Å². The van der Waals surface area contributed by atoms with E-state index in [0.717, 1.165) is 21.0 Å². The van der Waals surface area contributed by atoms with Crippen molar-refractivity contribution in [1.82, 2.24) is 0 Å². The lowest BCUT2D eigenvalue weighted by Crippen LogP contribution is -2.52. The Balaban J connectivity index is 4.69. The van der Waals surface area contributed by atoms with Crippen LogP contribution in [0.1, 0.15) is 0 Å². The van der Waals surface area contributed by atoms with Gasteiger partial charge in [-0.1, -0.05) is 0 Å². The summed E-state index contributed by atoms with van der Waals surface area (Å²) in [6.07, 6.45) is 0. The van der Waals surface area contributed by atoms with E-state index in [-0.39, 0.29) is 5.91 Å². The summed E-state index contributed by atoms with van der Waals surface area (Å²) in [7, 11) is -3.51. The molecule has 0 aromatic heterocycles. The Morgan fingerprint density at radius 3 is 1.59 bits per heavy atom. The number of rotatable bonds is 8. The monoisotopic (exact) mass is 344 g/mol. The highest BCUT2D eigenvalue weighted by atomic mass is 29.2. The second-order valence-electron chi connectivity index (χ2n) is 6.06. The zero-order chi connectivity index (χ0) is 13.7. The summed E-state index contributed by atoms with van der Waals surface area (Å²) < 4.78 is 23.7. The molecule has 0 saturated carbocycles. The van der Waals surface area contributed by atoms with E-state index in [9.17, 15) is 0 Å². The molecule has 0 aliphatic rings. The number of hydrogen-bond acceptors (Lipinski definition) is 4. The number of hydrogen-bond donors (Lipinski definition) is 0. The van der Waals surface area contributed by atoms with Crippen LogP contribution in [0.15, 0.2) is 0 Å². The van der Waals surface area contributed by atoms with Gasteiger partial charge in [-0.25, -0.2) is 0 Å². The standard InChI is InChI=1S/C7H28O4Si6/c1-16(2,3)8-7(9-17(4,5)6)15(11-13)14-10-12/h7,15H,14H2,1-6,12-13H3. The van der Waals surface area contributed by atoms with Crippen LogP contribution in [0.25, 0.3) is 0 Å². The molecule has 0 aliphatic heterocycles. The van der Waals surface area contributed by atoms with Crippen molar-refractivity contribution in [3.63, 3.8) is 0 Å². The fourth-order valence-corrected chi connectivity index (χ4v) is 15.8. The van der Waals surface area contributed by atoms with Crippen molar-refractivity contribution in [3.05, 3.63) is 0 Å². The fraction of sp³-hybridized carbons (Fsp3) is 1.00. The quantitative estimate of drug-likeness (QED) is 0.395. The molecule has 1 atom stereocenters. The van der Waals surface area contributed by atoms with Crippen LogP contribution in [0.2, 0.25) is 39.3 Å². The Bertz CT molecular complexity index is 199. The van der Waals surface area contributed by atoms with Crippen molar-refractivity contribution in [3.8, 4) is 0 Å². The lowest BCUT2D eigenvalue weighted by molar-refractivity contribution is 0.0510. The molecule has 17 heavy (non-hydrogen) atoms. The molecule has 0 rings (SSSR count). The minimum atomic E-state index is -1.58. The van der Waals surface area contributed by atoms with E-state index < -0.39 is 34.5 Å². The van der Waals surface area contributed by atoms with Gasteiger partial charge in [-0.15, -0.1) is 0 Å². The summed E-state index contributed by atoms with van der Waals surface area (Å²) >= 11 is 0. The van der Waals surface area contributed by atoms with E-state index in [0.29, 0.717) is 0 Å². The summed E-state index contributed by atoms with van der Waals surface area (Å²) in [6.45, 7) is 13.2. The van der Waals surface area contributed by atoms with Crippen molar-refractivity contribution in [1.29, 1.82) is 0 Å². The summed E-state index contributed by atoms with van der Waals surface area (Å²) in [5.41, 5.74) is 0. The lowest BCUT2D eigenvalue weighted by atomic mass is 11.5. The van der Waals surface area contributed by atoms with E-state index >= 15 is 0 Å². The molecule has 104 valence electrons. The maximum Gasteiger partial charge on any atom is 0.233 e. The summed E-state index contributed by atoms with van der Waals surface area (Å²) in [4.78, 5) is 0. The average molecular weight is 345 g/mol. The van der Waals surface area contributed by atoms with Crippen LogP contribution in [0.5, 0.6) is 0 Å². The van der Waals surface area contributed by atoms with Gasteiger partial charge in [-0.05, 0) is 39.3 Å². The Morgan fingerprint density at radius 2 is 1.35 bits per heavy atom. The highest BCUT2D eigenvalue weighted by molar-refractivity contribution is 7.08. The predicted molar refractivity (Wildman–Crippen MR) is 90.4 cm³/mol. The van der Waals surface area contributed by atoms with E-state index in [2.05, 4.69) is 39.3 Å². The molecule has 0 radical (unpaired) electrons. The largest absolute Gasteiger partial charge is 0.468 e. The molecule has 0 aromatic rings. The van der Waals surface area contributed by atoms with Crippen molar-refractivity contribution in [2.75, 3.05) is 0 Å². The zero-order valence-corrected chi connectivity index (χ0v) is 21.1. The topological polar surface area (TPSA) is 36.9 Å². The molecular formula is C7H28O4Si6. The minimum absolute atomic E-state index is 0.0635. The zero-order valence-electron chi connectivity index (χ0n) is 12.5. The van der Waals surface area contributed by atoms with Gasteiger partial charge in [0.2, 0.25) is 8.56 Å². The Kier molecular flexibility index (Phi) is 8.18. The van der Waals surface area contributed by atoms with Crippen molar-refractivity contribution >= 4 is 55.4 Å². The highest BCUT2D eigenvalue weighted by Gasteiger charge is 2.34. The third kappa shape index (κ3) is 9.69. The molecule has 0 spiro atoms. The average Bonchev–Trinajstić information content (AvgIpc) is 2.08. The second kappa shape index (κ2) is 7.66. The molecule has 0 fully saturated rings. The maximum absolute atomic E-state index is 6.20. The molecule has 0 saturated heterocycles. The molecule has 4 nitrogen and oxygen atoms in total. The van der Waals surface area contributed by atoms with Crippen LogP contribution in [-0.4, -0.2) is 61.4 Å². The summed E-state index contributed by atoms with van der Waals surface area (Å²) in [5, 5.41) is 0. The van der Waals surface area contributed by atoms with Gasteiger partial charge in [0.25, 0.3) is 0 Å². The SMILES string of the molecule is C[Si](C)(C)OC(O[Si](C)(C)C)[SiH](O[SiH3])[SiH2]O[SiH3]. The molecule has 0 N–H and O–H groups in total. The third-order valence-electron chi connectivity index (χ3n) is 1.88. The summed E-state index contributed by atoms with van der Waals surface area (Å²) in [6, 6.07) is 0. The van der Waals surface area contributed by atoms with Gasteiger partial charge in [0, 0.05) is 0 Å².